The van der Waals surface area contributed by atoms with Gasteiger partial charge < -0.3 is 15.0 Å². The van der Waals surface area contributed by atoms with Crippen molar-refractivity contribution in [1.29, 1.82) is 0 Å². The van der Waals surface area contributed by atoms with Crippen LogP contribution in [-0.2, 0) is 18.2 Å². The van der Waals surface area contributed by atoms with Crippen molar-refractivity contribution < 1.29 is 4.74 Å². The lowest BCUT2D eigenvalue weighted by atomic mass is 9.90. The topological polar surface area (TPSA) is 53.1 Å². The smallest absolute Gasteiger partial charge is 0.111 e. The Labute approximate surface area is 113 Å². The molecule has 0 aliphatic carbocycles. The summed E-state index contributed by atoms with van der Waals surface area (Å²) < 4.78 is 7.56. The molecular formula is C15H21N3O. The molecule has 3 rings (SSSR count). The maximum absolute atomic E-state index is 6.36. The second kappa shape index (κ2) is 5.31. The molecule has 1 aromatic carbocycles. The largest absolute Gasteiger partial charge is 0.381 e. The first-order chi connectivity index (χ1) is 9.25. The molecule has 1 atom stereocenters. The normalized spacial score (nSPS) is 18.8. The SMILES string of the molecule is Cn1c(CC(N)C2CCOCC2)nc2ccccc21. The molecule has 0 bridgehead atoms. The van der Waals surface area contributed by atoms with Crippen molar-refractivity contribution >= 4 is 11.0 Å². The number of ether oxygens (including phenoxy) is 1. The molecule has 0 saturated carbocycles. The number of para-hydroxylation sites is 2. The van der Waals surface area contributed by atoms with Gasteiger partial charge in [-0.25, -0.2) is 4.98 Å². The van der Waals surface area contributed by atoms with Crippen LogP contribution in [0.1, 0.15) is 18.7 Å². The molecule has 4 heteroatoms. The highest BCUT2D eigenvalue weighted by Crippen LogP contribution is 2.21. The summed E-state index contributed by atoms with van der Waals surface area (Å²) in [6.45, 7) is 1.70. The molecule has 102 valence electrons. The summed E-state index contributed by atoms with van der Waals surface area (Å²) in [4.78, 5) is 4.70. The van der Waals surface area contributed by atoms with Gasteiger partial charge in [0.2, 0.25) is 0 Å². The van der Waals surface area contributed by atoms with Gasteiger partial charge in [0, 0.05) is 32.7 Å². The molecule has 1 saturated heterocycles. The number of benzene rings is 1. The Bertz CT molecular complexity index is 558. The van der Waals surface area contributed by atoms with Crippen molar-refractivity contribution in [2.45, 2.75) is 25.3 Å². The Kier molecular flexibility index (Phi) is 3.53. The molecule has 1 aromatic heterocycles. The van der Waals surface area contributed by atoms with Crippen LogP contribution in [0.3, 0.4) is 0 Å². The van der Waals surface area contributed by atoms with Crippen LogP contribution in [0.5, 0.6) is 0 Å². The van der Waals surface area contributed by atoms with E-state index < -0.39 is 0 Å². The van der Waals surface area contributed by atoms with E-state index in [1.165, 1.54) is 5.52 Å². The molecule has 1 unspecified atom stereocenters. The van der Waals surface area contributed by atoms with Gasteiger partial charge in [0.15, 0.2) is 0 Å². The Morgan fingerprint density at radius 1 is 1.37 bits per heavy atom. The molecule has 1 aliphatic heterocycles. The minimum Gasteiger partial charge on any atom is -0.381 e. The van der Waals surface area contributed by atoms with Crippen molar-refractivity contribution in [3.63, 3.8) is 0 Å². The first-order valence-corrected chi connectivity index (χ1v) is 6.99. The molecule has 19 heavy (non-hydrogen) atoms. The van der Waals surface area contributed by atoms with Crippen LogP contribution in [0.4, 0.5) is 0 Å². The highest BCUT2D eigenvalue weighted by molar-refractivity contribution is 5.75. The van der Waals surface area contributed by atoms with Crippen LogP contribution >= 0.6 is 0 Å². The van der Waals surface area contributed by atoms with E-state index in [0.717, 1.165) is 43.8 Å². The lowest BCUT2D eigenvalue weighted by molar-refractivity contribution is 0.0582. The van der Waals surface area contributed by atoms with Gasteiger partial charge in [0.05, 0.1) is 11.0 Å². The van der Waals surface area contributed by atoms with E-state index in [2.05, 4.69) is 23.7 Å². The Hall–Kier alpha value is -1.39. The average Bonchev–Trinajstić information content (AvgIpc) is 2.77. The van der Waals surface area contributed by atoms with E-state index in [0.29, 0.717) is 5.92 Å². The molecule has 2 N–H and O–H groups in total. The fraction of sp³-hybridized carbons (Fsp3) is 0.533. The van der Waals surface area contributed by atoms with Crippen molar-refractivity contribution in [2.24, 2.45) is 18.7 Å². The van der Waals surface area contributed by atoms with Crippen LogP contribution < -0.4 is 5.73 Å². The molecule has 0 spiro atoms. The first kappa shape index (κ1) is 12.6. The van der Waals surface area contributed by atoms with Crippen LogP contribution in [0.25, 0.3) is 11.0 Å². The summed E-state index contributed by atoms with van der Waals surface area (Å²) >= 11 is 0. The fourth-order valence-electron chi connectivity index (χ4n) is 2.90. The molecule has 1 aliphatic rings. The second-order valence-electron chi connectivity index (χ2n) is 5.39. The molecular weight excluding hydrogens is 238 g/mol. The van der Waals surface area contributed by atoms with Gasteiger partial charge in [-0.2, -0.15) is 0 Å². The van der Waals surface area contributed by atoms with E-state index in [1.54, 1.807) is 0 Å². The molecule has 0 amide bonds. The zero-order valence-electron chi connectivity index (χ0n) is 11.4. The van der Waals surface area contributed by atoms with Crippen LogP contribution in [-0.4, -0.2) is 28.8 Å². The fourth-order valence-corrected chi connectivity index (χ4v) is 2.90. The van der Waals surface area contributed by atoms with Gasteiger partial charge in [0.1, 0.15) is 5.82 Å². The lowest BCUT2D eigenvalue weighted by Crippen LogP contribution is -2.36. The number of aromatic nitrogens is 2. The predicted molar refractivity (Wildman–Crippen MR) is 75.9 cm³/mol. The highest BCUT2D eigenvalue weighted by atomic mass is 16.5. The second-order valence-corrected chi connectivity index (χ2v) is 5.39. The molecule has 2 heterocycles. The standard InChI is InChI=1S/C15H21N3O/c1-18-14-5-3-2-4-13(14)17-15(18)10-12(16)11-6-8-19-9-7-11/h2-5,11-12H,6-10,16H2,1H3. The van der Waals surface area contributed by atoms with E-state index in [-0.39, 0.29) is 6.04 Å². The Morgan fingerprint density at radius 3 is 2.84 bits per heavy atom. The number of hydrogen-bond acceptors (Lipinski definition) is 3. The summed E-state index contributed by atoms with van der Waals surface area (Å²) in [5.74, 6) is 1.65. The van der Waals surface area contributed by atoms with Gasteiger partial charge in [-0.1, -0.05) is 12.1 Å². The summed E-state index contributed by atoms with van der Waals surface area (Å²) in [6.07, 6.45) is 2.99. The third-order valence-corrected chi connectivity index (χ3v) is 4.17. The lowest BCUT2D eigenvalue weighted by Gasteiger charge is -2.27. The van der Waals surface area contributed by atoms with Crippen LogP contribution in [0, 0.1) is 5.92 Å². The third kappa shape index (κ3) is 2.51. The number of imidazole rings is 1. The summed E-state index contributed by atoms with van der Waals surface area (Å²) in [5.41, 5.74) is 8.59. The molecule has 4 nitrogen and oxygen atoms in total. The zero-order valence-corrected chi connectivity index (χ0v) is 11.4. The number of nitrogens with two attached hydrogens (primary N) is 1. The average molecular weight is 259 g/mol. The van der Waals surface area contributed by atoms with Crippen molar-refractivity contribution in [2.75, 3.05) is 13.2 Å². The summed E-state index contributed by atoms with van der Waals surface area (Å²) in [6, 6.07) is 8.41. The van der Waals surface area contributed by atoms with Gasteiger partial charge >= 0.3 is 0 Å². The monoisotopic (exact) mass is 259 g/mol. The Balaban J connectivity index is 1.78. The number of rotatable bonds is 3. The number of fused-ring (bicyclic) bond motifs is 1. The van der Waals surface area contributed by atoms with E-state index in [4.69, 9.17) is 15.5 Å². The maximum atomic E-state index is 6.36. The predicted octanol–water partition coefficient (Wildman–Crippen LogP) is 1.87. The van der Waals surface area contributed by atoms with Gasteiger partial charge in [-0.3, -0.25) is 0 Å². The summed E-state index contributed by atoms with van der Waals surface area (Å²) in [5, 5.41) is 0. The Morgan fingerprint density at radius 2 is 2.11 bits per heavy atom. The molecule has 2 aromatic rings. The first-order valence-electron chi connectivity index (χ1n) is 6.99. The minimum atomic E-state index is 0.180. The zero-order chi connectivity index (χ0) is 13.2. The minimum absolute atomic E-state index is 0.180. The van der Waals surface area contributed by atoms with Crippen LogP contribution in [0.2, 0.25) is 0 Å². The highest BCUT2D eigenvalue weighted by Gasteiger charge is 2.22. The van der Waals surface area contributed by atoms with Gasteiger partial charge in [-0.05, 0) is 30.9 Å². The number of hydrogen-bond donors (Lipinski definition) is 1. The van der Waals surface area contributed by atoms with E-state index >= 15 is 0 Å². The van der Waals surface area contributed by atoms with Crippen LogP contribution in [0.15, 0.2) is 24.3 Å². The van der Waals surface area contributed by atoms with Crippen molar-refractivity contribution in [1.82, 2.24) is 9.55 Å². The quantitative estimate of drug-likeness (QED) is 0.915. The molecule has 1 fully saturated rings. The third-order valence-electron chi connectivity index (χ3n) is 4.17. The summed E-state index contributed by atoms with van der Waals surface area (Å²) in [7, 11) is 2.07. The van der Waals surface area contributed by atoms with Gasteiger partial charge in [0.25, 0.3) is 0 Å². The van der Waals surface area contributed by atoms with Crippen molar-refractivity contribution in [3.05, 3.63) is 30.1 Å². The van der Waals surface area contributed by atoms with E-state index in [1.807, 2.05) is 12.1 Å². The van der Waals surface area contributed by atoms with Crippen molar-refractivity contribution in [3.8, 4) is 0 Å². The maximum Gasteiger partial charge on any atom is 0.111 e. The van der Waals surface area contributed by atoms with E-state index in [9.17, 15) is 0 Å². The molecule has 0 radical (unpaired) electrons. The number of nitrogens with zero attached hydrogens (tertiary/aromatic N) is 2. The van der Waals surface area contributed by atoms with Gasteiger partial charge in [-0.15, -0.1) is 0 Å². The number of aryl methyl sites for hydroxylation is 1.